The molecule has 0 aromatic carbocycles. The summed E-state index contributed by atoms with van der Waals surface area (Å²) in [7, 11) is -3.24. The van der Waals surface area contributed by atoms with Crippen LogP contribution in [0.4, 0.5) is 0 Å². The fraction of sp³-hybridized carbons (Fsp3) is 1.00. The Labute approximate surface area is 80.0 Å². The minimum Gasteiger partial charge on any atom is -0.324 e. The highest BCUT2D eigenvalue weighted by atomic mass is 31.2. The molecule has 1 aliphatic rings. The molecule has 0 aromatic rings. The maximum absolute atomic E-state index is 11.3. The third kappa shape index (κ3) is 4.26. The lowest BCUT2D eigenvalue weighted by molar-refractivity contribution is 0.216. The second-order valence-electron chi connectivity index (χ2n) is 3.81. The van der Waals surface area contributed by atoms with Crippen LogP contribution < -0.4 is 0 Å². The van der Waals surface area contributed by atoms with E-state index in [1.54, 1.807) is 0 Å². The highest BCUT2D eigenvalue weighted by molar-refractivity contribution is 7.52. The van der Waals surface area contributed by atoms with E-state index in [2.05, 4.69) is 0 Å². The van der Waals surface area contributed by atoms with Gasteiger partial charge in [-0.1, -0.05) is 19.8 Å². The molecule has 0 heterocycles. The fourth-order valence-electron chi connectivity index (χ4n) is 1.75. The quantitative estimate of drug-likeness (QED) is 0.703. The molecule has 78 valence electrons. The van der Waals surface area contributed by atoms with Gasteiger partial charge in [0.2, 0.25) is 0 Å². The van der Waals surface area contributed by atoms with Crippen molar-refractivity contribution < 1.29 is 14.0 Å². The minimum absolute atomic E-state index is 0.291. The topological polar surface area (TPSA) is 46.5 Å². The van der Waals surface area contributed by atoms with Crippen molar-refractivity contribution in [2.45, 2.75) is 39.0 Å². The highest BCUT2D eigenvalue weighted by Crippen LogP contribution is 2.43. The molecule has 0 aromatic heterocycles. The van der Waals surface area contributed by atoms with Crippen LogP contribution in [0.5, 0.6) is 0 Å². The second-order valence-corrected chi connectivity index (χ2v) is 5.79. The van der Waals surface area contributed by atoms with Crippen molar-refractivity contribution >= 4 is 7.60 Å². The lowest BCUT2D eigenvalue weighted by Crippen LogP contribution is -2.05. The fourth-order valence-corrected chi connectivity index (χ4v) is 2.88. The van der Waals surface area contributed by atoms with Crippen LogP contribution in [0, 0.1) is 5.92 Å². The lowest BCUT2D eigenvalue weighted by atomic mass is 10.1. The van der Waals surface area contributed by atoms with Gasteiger partial charge in [0.1, 0.15) is 0 Å². The van der Waals surface area contributed by atoms with Crippen molar-refractivity contribution in [3.8, 4) is 0 Å². The molecule has 0 spiro atoms. The van der Waals surface area contributed by atoms with Crippen LogP contribution in [0.1, 0.15) is 39.0 Å². The third-order valence-electron chi connectivity index (χ3n) is 2.49. The number of hydrogen-bond donors (Lipinski definition) is 1. The summed E-state index contributed by atoms with van der Waals surface area (Å²) >= 11 is 0. The van der Waals surface area contributed by atoms with Gasteiger partial charge in [-0.2, -0.15) is 0 Å². The van der Waals surface area contributed by atoms with Gasteiger partial charge in [0.15, 0.2) is 0 Å². The summed E-state index contributed by atoms with van der Waals surface area (Å²) in [6, 6.07) is 0. The smallest absolute Gasteiger partial charge is 0.324 e. The Balaban J connectivity index is 2.20. The molecule has 1 aliphatic carbocycles. The molecule has 13 heavy (non-hydrogen) atoms. The van der Waals surface area contributed by atoms with Gasteiger partial charge >= 0.3 is 7.60 Å². The molecule has 1 N–H and O–H groups in total. The Morgan fingerprint density at radius 1 is 1.46 bits per heavy atom. The van der Waals surface area contributed by atoms with Gasteiger partial charge in [0, 0.05) is 6.16 Å². The molecule has 1 rings (SSSR count). The van der Waals surface area contributed by atoms with E-state index in [1.807, 2.05) is 6.92 Å². The van der Waals surface area contributed by atoms with E-state index < -0.39 is 7.60 Å². The summed E-state index contributed by atoms with van der Waals surface area (Å²) in [4.78, 5) is 9.31. The van der Waals surface area contributed by atoms with Crippen LogP contribution in [-0.2, 0) is 9.09 Å². The van der Waals surface area contributed by atoms with Crippen molar-refractivity contribution in [1.29, 1.82) is 0 Å². The van der Waals surface area contributed by atoms with Crippen LogP contribution in [0.25, 0.3) is 0 Å². The van der Waals surface area contributed by atoms with Crippen LogP contribution in [-0.4, -0.2) is 17.7 Å². The van der Waals surface area contributed by atoms with Crippen molar-refractivity contribution in [2.75, 3.05) is 12.8 Å². The van der Waals surface area contributed by atoms with Crippen LogP contribution in [0.15, 0.2) is 0 Å². The van der Waals surface area contributed by atoms with Gasteiger partial charge in [-0.05, 0) is 25.2 Å². The number of hydrogen-bond acceptors (Lipinski definition) is 2. The van der Waals surface area contributed by atoms with Gasteiger partial charge in [-0.3, -0.25) is 4.57 Å². The van der Waals surface area contributed by atoms with E-state index in [4.69, 9.17) is 4.52 Å². The second kappa shape index (κ2) is 5.14. The molecule has 0 aliphatic heterocycles. The van der Waals surface area contributed by atoms with E-state index >= 15 is 0 Å². The van der Waals surface area contributed by atoms with E-state index in [-0.39, 0.29) is 0 Å². The molecule has 1 atom stereocenters. The van der Waals surface area contributed by atoms with Crippen molar-refractivity contribution in [3.05, 3.63) is 0 Å². The molecule has 0 saturated heterocycles. The van der Waals surface area contributed by atoms with Gasteiger partial charge in [-0.25, -0.2) is 0 Å². The Kier molecular flexibility index (Phi) is 4.43. The maximum atomic E-state index is 11.3. The summed E-state index contributed by atoms with van der Waals surface area (Å²) in [5, 5.41) is 0. The van der Waals surface area contributed by atoms with E-state index in [1.165, 1.54) is 12.8 Å². The van der Waals surface area contributed by atoms with Gasteiger partial charge in [0.05, 0.1) is 6.61 Å². The van der Waals surface area contributed by atoms with Crippen molar-refractivity contribution in [2.24, 2.45) is 5.92 Å². The predicted molar refractivity (Wildman–Crippen MR) is 52.9 cm³/mol. The lowest BCUT2D eigenvalue weighted by Gasteiger charge is -2.14. The van der Waals surface area contributed by atoms with Crippen LogP contribution in [0.3, 0.4) is 0 Å². The normalized spacial score (nSPS) is 23.2. The summed E-state index contributed by atoms with van der Waals surface area (Å²) in [5.74, 6) is 0.525. The first-order valence-electron chi connectivity index (χ1n) is 5.10. The van der Waals surface area contributed by atoms with Crippen LogP contribution in [0.2, 0.25) is 0 Å². The summed E-state index contributed by atoms with van der Waals surface area (Å²) < 4.78 is 16.4. The van der Waals surface area contributed by atoms with E-state index in [9.17, 15) is 9.46 Å². The van der Waals surface area contributed by atoms with Gasteiger partial charge in [0.25, 0.3) is 0 Å². The molecule has 1 saturated carbocycles. The first kappa shape index (κ1) is 11.2. The number of rotatable bonds is 5. The third-order valence-corrected chi connectivity index (χ3v) is 4.06. The Hall–Kier alpha value is 0.150. The summed E-state index contributed by atoms with van der Waals surface area (Å²) in [6.07, 6.45) is 5.81. The monoisotopic (exact) mass is 206 g/mol. The Morgan fingerprint density at radius 2 is 2.08 bits per heavy atom. The standard InChI is InChI=1S/C9H19O3P/c1-2-7-13(10,11)12-8-9-5-3-4-6-9/h9H,2-8H2,1H3,(H,10,11). The summed E-state index contributed by atoms with van der Waals surface area (Å²) in [6.45, 7) is 2.37. The molecule has 3 nitrogen and oxygen atoms in total. The molecular weight excluding hydrogens is 187 g/mol. The molecule has 0 amide bonds. The van der Waals surface area contributed by atoms with Crippen molar-refractivity contribution in [3.63, 3.8) is 0 Å². The maximum Gasteiger partial charge on any atom is 0.328 e. The largest absolute Gasteiger partial charge is 0.328 e. The zero-order chi connectivity index (χ0) is 9.73. The predicted octanol–water partition coefficient (Wildman–Crippen LogP) is 2.79. The van der Waals surface area contributed by atoms with Gasteiger partial charge < -0.3 is 9.42 Å². The molecule has 1 fully saturated rings. The first-order valence-corrected chi connectivity index (χ1v) is 6.86. The first-order chi connectivity index (χ1) is 6.14. The zero-order valence-corrected chi connectivity index (χ0v) is 9.13. The summed E-state index contributed by atoms with van der Waals surface area (Å²) in [5.41, 5.74) is 0. The molecular formula is C9H19O3P. The Bertz CT molecular complexity index is 187. The zero-order valence-electron chi connectivity index (χ0n) is 8.24. The molecule has 1 unspecified atom stereocenters. The van der Waals surface area contributed by atoms with Crippen molar-refractivity contribution in [1.82, 2.24) is 0 Å². The average molecular weight is 206 g/mol. The van der Waals surface area contributed by atoms with E-state index in [0.29, 0.717) is 25.1 Å². The molecule has 0 bridgehead atoms. The minimum atomic E-state index is -3.24. The SMILES string of the molecule is CCCP(=O)(O)OCC1CCCC1. The highest BCUT2D eigenvalue weighted by Gasteiger charge is 2.22. The molecule has 0 radical (unpaired) electrons. The Morgan fingerprint density at radius 3 is 2.62 bits per heavy atom. The van der Waals surface area contributed by atoms with Crippen LogP contribution >= 0.6 is 7.60 Å². The molecule has 4 heteroatoms. The van der Waals surface area contributed by atoms with Gasteiger partial charge in [-0.15, -0.1) is 0 Å². The average Bonchev–Trinajstić information content (AvgIpc) is 2.52. The van der Waals surface area contributed by atoms with E-state index in [0.717, 1.165) is 12.8 Å².